The number of aryl methyl sites for hydroxylation is 1. The van der Waals surface area contributed by atoms with E-state index in [-0.39, 0.29) is 0 Å². The fourth-order valence-corrected chi connectivity index (χ4v) is 2.77. The highest BCUT2D eigenvalue weighted by molar-refractivity contribution is 9.10. The zero-order valence-electron chi connectivity index (χ0n) is 8.99. The van der Waals surface area contributed by atoms with Gasteiger partial charge in [-0.1, -0.05) is 12.1 Å². The zero-order chi connectivity index (χ0) is 11.0. The van der Waals surface area contributed by atoms with Gasteiger partial charge in [0.15, 0.2) is 0 Å². The Morgan fingerprint density at radius 1 is 1.12 bits per heavy atom. The highest BCUT2D eigenvalue weighted by atomic mass is 79.9. The molecule has 0 radical (unpaired) electrons. The number of fused-ring (bicyclic) bond motifs is 1. The van der Waals surface area contributed by atoms with Crippen molar-refractivity contribution in [1.82, 2.24) is 9.78 Å². The van der Waals surface area contributed by atoms with Crippen molar-refractivity contribution in [3.8, 4) is 5.69 Å². The molecule has 1 heterocycles. The highest BCUT2D eigenvalue weighted by Gasteiger charge is 2.16. The number of hydrogen-bond acceptors (Lipinski definition) is 1. The summed E-state index contributed by atoms with van der Waals surface area (Å²) in [6.07, 6.45) is 6.93. The Hall–Kier alpha value is -1.09. The Bertz CT molecular complexity index is 516. The van der Waals surface area contributed by atoms with Gasteiger partial charge in [-0.2, -0.15) is 5.10 Å². The van der Waals surface area contributed by atoms with Crippen LogP contribution in [-0.4, -0.2) is 9.78 Å². The normalized spacial score (nSPS) is 14.8. The minimum Gasteiger partial charge on any atom is -0.236 e. The third-order valence-electron chi connectivity index (χ3n) is 3.15. The minimum atomic E-state index is 1.10. The van der Waals surface area contributed by atoms with Gasteiger partial charge >= 0.3 is 0 Å². The molecule has 82 valence electrons. The summed E-state index contributed by atoms with van der Waals surface area (Å²) < 4.78 is 3.19. The van der Waals surface area contributed by atoms with Gasteiger partial charge in [-0.25, -0.2) is 4.68 Å². The van der Waals surface area contributed by atoms with Crippen molar-refractivity contribution in [3.63, 3.8) is 0 Å². The van der Waals surface area contributed by atoms with E-state index in [2.05, 4.69) is 43.9 Å². The van der Waals surface area contributed by atoms with Gasteiger partial charge in [0.1, 0.15) is 0 Å². The summed E-state index contributed by atoms with van der Waals surface area (Å²) in [5.41, 5.74) is 3.95. The molecule has 0 atom stereocenters. The summed E-state index contributed by atoms with van der Waals surface area (Å²) >= 11 is 3.58. The largest absolute Gasteiger partial charge is 0.236 e. The lowest BCUT2D eigenvalue weighted by atomic mass is 9.98. The summed E-state index contributed by atoms with van der Waals surface area (Å²) in [5.74, 6) is 0. The van der Waals surface area contributed by atoms with E-state index in [9.17, 15) is 0 Å². The molecule has 16 heavy (non-hydrogen) atoms. The van der Waals surface area contributed by atoms with E-state index in [1.165, 1.54) is 30.5 Å². The maximum Gasteiger partial charge on any atom is 0.0790 e. The zero-order valence-corrected chi connectivity index (χ0v) is 10.6. The Labute approximate surface area is 103 Å². The van der Waals surface area contributed by atoms with Crippen LogP contribution in [0.2, 0.25) is 0 Å². The van der Waals surface area contributed by atoms with Gasteiger partial charge in [-0.05, 0) is 59.3 Å². The molecular weight excluding hydrogens is 264 g/mol. The number of aromatic nitrogens is 2. The summed E-state index contributed by atoms with van der Waals surface area (Å²) in [6.45, 7) is 0. The molecule has 0 saturated carbocycles. The first-order valence-electron chi connectivity index (χ1n) is 5.67. The lowest BCUT2D eigenvalue weighted by Gasteiger charge is -2.14. The molecule has 0 unspecified atom stereocenters. The average molecular weight is 277 g/mol. The van der Waals surface area contributed by atoms with Gasteiger partial charge in [0.25, 0.3) is 0 Å². The number of nitrogens with zero attached hydrogens (tertiary/aromatic N) is 2. The molecule has 1 aliphatic rings. The molecule has 3 rings (SSSR count). The Balaban J connectivity index is 2.13. The quantitative estimate of drug-likeness (QED) is 0.780. The fraction of sp³-hybridized carbons (Fsp3) is 0.308. The number of rotatable bonds is 1. The van der Waals surface area contributed by atoms with Crippen molar-refractivity contribution >= 4 is 15.9 Å². The fourth-order valence-electron chi connectivity index (χ4n) is 2.32. The third kappa shape index (κ3) is 1.59. The van der Waals surface area contributed by atoms with Crippen LogP contribution in [0.15, 0.2) is 34.9 Å². The molecular formula is C13H13BrN2. The Morgan fingerprint density at radius 3 is 2.81 bits per heavy atom. The van der Waals surface area contributed by atoms with E-state index in [1.54, 1.807) is 0 Å². The lowest BCUT2D eigenvalue weighted by molar-refractivity contribution is 0.653. The standard InChI is InChI=1S/C13H13BrN2/c14-11-6-2-4-8-13(11)16-12-7-3-1-5-10(12)9-15-16/h2,4,6,8-9H,1,3,5,7H2. The van der Waals surface area contributed by atoms with Gasteiger partial charge in [-0.3, -0.25) is 0 Å². The first-order valence-corrected chi connectivity index (χ1v) is 6.46. The van der Waals surface area contributed by atoms with E-state index in [0.29, 0.717) is 0 Å². The van der Waals surface area contributed by atoms with Crippen LogP contribution in [0, 0.1) is 0 Å². The maximum absolute atomic E-state index is 4.52. The highest BCUT2D eigenvalue weighted by Crippen LogP contribution is 2.26. The van der Waals surface area contributed by atoms with Crippen LogP contribution in [0.5, 0.6) is 0 Å². The topological polar surface area (TPSA) is 17.8 Å². The predicted molar refractivity (Wildman–Crippen MR) is 67.9 cm³/mol. The Kier molecular flexibility index (Phi) is 2.56. The van der Waals surface area contributed by atoms with E-state index in [4.69, 9.17) is 0 Å². The SMILES string of the molecule is Brc1ccccc1-n1ncc2c1CCCC2. The van der Waals surface area contributed by atoms with Crippen LogP contribution in [0.1, 0.15) is 24.1 Å². The van der Waals surface area contributed by atoms with Crippen molar-refractivity contribution in [2.75, 3.05) is 0 Å². The van der Waals surface area contributed by atoms with Crippen molar-refractivity contribution < 1.29 is 0 Å². The number of hydrogen-bond donors (Lipinski definition) is 0. The molecule has 0 amide bonds. The molecule has 0 saturated heterocycles. The van der Waals surface area contributed by atoms with E-state index < -0.39 is 0 Å². The summed E-state index contributed by atoms with van der Waals surface area (Å²) in [5, 5.41) is 4.52. The molecule has 0 bridgehead atoms. The first kappa shape index (κ1) is 10.1. The minimum absolute atomic E-state index is 1.10. The molecule has 0 aliphatic heterocycles. The molecule has 0 N–H and O–H groups in total. The van der Waals surface area contributed by atoms with Crippen molar-refractivity contribution in [3.05, 3.63) is 46.2 Å². The van der Waals surface area contributed by atoms with Gasteiger partial charge < -0.3 is 0 Å². The monoisotopic (exact) mass is 276 g/mol. The molecule has 2 aromatic rings. The van der Waals surface area contributed by atoms with Gasteiger partial charge in [0, 0.05) is 10.2 Å². The number of halogens is 1. The smallest absolute Gasteiger partial charge is 0.0790 e. The summed E-state index contributed by atoms with van der Waals surface area (Å²) in [6, 6.07) is 8.25. The van der Waals surface area contributed by atoms with Crippen LogP contribution in [-0.2, 0) is 12.8 Å². The molecule has 1 aromatic carbocycles. The van der Waals surface area contributed by atoms with Gasteiger partial charge in [-0.15, -0.1) is 0 Å². The van der Waals surface area contributed by atoms with Crippen LogP contribution < -0.4 is 0 Å². The van der Waals surface area contributed by atoms with Crippen LogP contribution in [0.3, 0.4) is 0 Å². The second-order valence-electron chi connectivity index (χ2n) is 4.19. The predicted octanol–water partition coefficient (Wildman–Crippen LogP) is 3.51. The maximum atomic E-state index is 4.52. The van der Waals surface area contributed by atoms with Crippen molar-refractivity contribution in [1.29, 1.82) is 0 Å². The lowest BCUT2D eigenvalue weighted by Crippen LogP contribution is -2.08. The summed E-state index contributed by atoms with van der Waals surface area (Å²) in [4.78, 5) is 0. The molecule has 1 aromatic heterocycles. The van der Waals surface area contributed by atoms with E-state index in [1.807, 2.05) is 12.3 Å². The van der Waals surface area contributed by atoms with E-state index in [0.717, 1.165) is 16.6 Å². The van der Waals surface area contributed by atoms with Crippen LogP contribution in [0.25, 0.3) is 5.69 Å². The second-order valence-corrected chi connectivity index (χ2v) is 5.04. The average Bonchev–Trinajstić information content (AvgIpc) is 2.74. The third-order valence-corrected chi connectivity index (χ3v) is 3.82. The summed E-state index contributed by atoms with van der Waals surface area (Å²) in [7, 11) is 0. The van der Waals surface area contributed by atoms with Crippen LogP contribution >= 0.6 is 15.9 Å². The second kappa shape index (κ2) is 4.06. The van der Waals surface area contributed by atoms with Gasteiger partial charge in [0.05, 0.1) is 11.9 Å². The molecule has 0 spiro atoms. The number of benzene rings is 1. The molecule has 2 nitrogen and oxygen atoms in total. The molecule has 0 fully saturated rings. The van der Waals surface area contributed by atoms with Crippen molar-refractivity contribution in [2.45, 2.75) is 25.7 Å². The van der Waals surface area contributed by atoms with Gasteiger partial charge in [0.2, 0.25) is 0 Å². The van der Waals surface area contributed by atoms with E-state index >= 15 is 0 Å². The molecule has 3 heteroatoms. The Morgan fingerprint density at radius 2 is 1.94 bits per heavy atom. The van der Waals surface area contributed by atoms with Crippen LogP contribution in [0.4, 0.5) is 0 Å². The molecule has 1 aliphatic carbocycles. The van der Waals surface area contributed by atoms with Crippen molar-refractivity contribution in [2.24, 2.45) is 0 Å². The first-order chi connectivity index (χ1) is 7.86. The number of para-hydroxylation sites is 1.